The van der Waals surface area contributed by atoms with Gasteiger partial charge in [-0.3, -0.25) is 9.79 Å². The molecule has 1 amide bonds. The average Bonchev–Trinajstić information content (AvgIpc) is 2.60. The van der Waals surface area contributed by atoms with Gasteiger partial charge in [-0.15, -0.1) is 0 Å². The molecule has 0 aromatic carbocycles. The van der Waals surface area contributed by atoms with E-state index in [-0.39, 0.29) is 24.4 Å². The minimum absolute atomic E-state index is 0.0373. The second-order valence-electron chi connectivity index (χ2n) is 5.63. The van der Waals surface area contributed by atoms with Crippen LogP contribution in [0, 0.1) is 0 Å². The van der Waals surface area contributed by atoms with Crippen molar-refractivity contribution in [2.24, 2.45) is 4.99 Å². The molecule has 1 aromatic rings. The van der Waals surface area contributed by atoms with E-state index in [1.807, 2.05) is 6.92 Å². The summed E-state index contributed by atoms with van der Waals surface area (Å²) in [6, 6.07) is 0.907. The first-order valence-corrected chi connectivity index (χ1v) is 8.34. The summed E-state index contributed by atoms with van der Waals surface area (Å²) in [5.74, 6) is 0.527. The molecule has 0 aliphatic carbocycles. The molecule has 1 fully saturated rings. The highest BCUT2D eigenvalue weighted by atomic mass is 19.4. The van der Waals surface area contributed by atoms with Crippen molar-refractivity contribution >= 4 is 17.8 Å². The Hall–Kier alpha value is -2.59. The summed E-state index contributed by atoms with van der Waals surface area (Å²) < 4.78 is 37.8. The molecule has 0 bridgehead atoms. The number of aliphatic imine (C=N–C) groups is 1. The Morgan fingerprint density at radius 1 is 1.46 bits per heavy atom. The van der Waals surface area contributed by atoms with Crippen molar-refractivity contribution in [3.8, 4) is 0 Å². The molecule has 1 atom stereocenters. The van der Waals surface area contributed by atoms with E-state index < -0.39 is 11.9 Å². The normalized spacial score (nSPS) is 18.2. The van der Waals surface area contributed by atoms with Crippen LogP contribution in [0.4, 0.5) is 19.1 Å². The van der Waals surface area contributed by atoms with Crippen LogP contribution in [0.15, 0.2) is 17.3 Å². The number of anilines is 1. The van der Waals surface area contributed by atoms with Gasteiger partial charge < -0.3 is 21.3 Å². The average molecular weight is 373 g/mol. The number of nitrogens with zero attached hydrogens (tertiary/aromatic N) is 3. The smallest absolute Gasteiger partial charge is 0.357 e. The number of rotatable bonds is 6. The number of amides is 1. The van der Waals surface area contributed by atoms with Crippen LogP contribution in [0.25, 0.3) is 0 Å². The summed E-state index contributed by atoms with van der Waals surface area (Å²) >= 11 is 0. The zero-order chi connectivity index (χ0) is 19.0. The lowest BCUT2D eigenvalue weighted by Gasteiger charge is -2.25. The quantitative estimate of drug-likeness (QED) is 0.333. The van der Waals surface area contributed by atoms with Gasteiger partial charge in [0.2, 0.25) is 11.9 Å². The van der Waals surface area contributed by atoms with Crippen molar-refractivity contribution in [3.63, 3.8) is 0 Å². The lowest BCUT2D eigenvalue weighted by atomic mass is 10.1. The fourth-order valence-corrected chi connectivity index (χ4v) is 2.31. The highest BCUT2D eigenvalue weighted by Gasteiger charge is 2.32. The topological polar surface area (TPSA) is 103 Å². The van der Waals surface area contributed by atoms with Crippen LogP contribution in [-0.2, 0) is 11.0 Å². The fraction of sp³-hybridized carbons (Fsp3) is 0.600. The minimum atomic E-state index is -4.50. The van der Waals surface area contributed by atoms with E-state index in [0.29, 0.717) is 38.4 Å². The van der Waals surface area contributed by atoms with Crippen molar-refractivity contribution in [1.82, 2.24) is 25.9 Å². The Bertz CT molecular complexity index is 626. The summed E-state index contributed by atoms with van der Waals surface area (Å²) in [6.45, 7) is 3.70. The van der Waals surface area contributed by atoms with Gasteiger partial charge in [0, 0.05) is 38.3 Å². The molecule has 1 aliphatic heterocycles. The summed E-state index contributed by atoms with van der Waals surface area (Å²) in [5.41, 5.74) is -0.993. The molecule has 1 aromatic heterocycles. The highest BCUT2D eigenvalue weighted by Crippen LogP contribution is 2.27. The van der Waals surface area contributed by atoms with E-state index in [1.165, 1.54) is 0 Å². The van der Waals surface area contributed by atoms with Crippen molar-refractivity contribution in [1.29, 1.82) is 0 Å². The molecule has 2 heterocycles. The van der Waals surface area contributed by atoms with Crippen molar-refractivity contribution in [2.75, 3.05) is 31.5 Å². The molecule has 2 rings (SSSR count). The van der Waals surface area contributed by atoms with Gasteiger partial charge in [-0.25, -0.2) is 9.97 Å². The van der Waals surface area contributed by atoms with Crippen molar-refractivity contribution in [2.45, 2.75) is 32.0 Å². The number of guanidine groups is 1. The van der Waals surface area contributed by atoms with E-state index in [4.69, 9.17) is 0 Å². The number of carbonyl (C=O) groups is 1. The van der Waals surface area contributed by atoms with Gasteiger partial charge in [-0.2, -0.15) is 13.2 Å². The van der Waals surface area contributed by atoms with Crippen molar-refractivity contribution in [3.05, 3.63) is 18.0 Å². The first-order chi connectivity index (χ1) is 12.4. The molecule has 144 valence electrons. The Balaban J connectivity index is 1.83. The second kappa shape index (κ2) is 9.20. The van der Waals surface area contributed by atoms with E-state index in [1.54, 1.807) is 0 Å². The number of alkyl halides is 3. The van der Waals surface area contributed by atoms with Gasteiger partial charge in [-0.1, -0.05) is 0 Å². The lowest BCUT2D eigenvalue weighted by Crippen LogP contribution is -2.51. The number of carbonyl (C=O) groups excluding carboxylic acids is 1. The molecule has 0 radical (unpaired) electrons. The van der Waals surface area contributed by atoms with Crippen LogP contribution in [0.1, 0.15) is 25.5 Å². The number of aromatic nitrogens is 2. The molecule has 1 unspecified atom stereocenters. The Morgan fingerprint density at radius 3 is 2.92 bits per heavy atom. The monoisotopic (exact) mass is 373 g/mol. The molecule has 4 N–H and O–H groups in total. The number of nitrogens with one attached hydrogen (secondary N) is 4. The Labute approximate surface area is 149 Å². The first-order valence-electron chi connectivity index (χ1n) is 8.34. The molecule has 26 heavy (non-hydrogen) atoms. The van der Waals surface area contributed by atoms with Gasteiger partial charge >= 0.3 is 6.18 Å². The van der Waals surface area contributed by atoms with Gasteiger partial charge in [0.15, 0.2) is 5.96 Å². The molecule has 11 heteroatoms. The lowest BCUT2D eigenvalue weighted by molar-refractivity contribution is -0.141. The molecule has 1 saturated heterocycles. The summed E-state index contributed by atoms with van der Waals surface area (Å²) in [4.78, 5) is 22.7. The summed E-state index contributed by atoms with van der Waals surface area (Å²) in [6.07, 6.45) is -2.27. The van der Waals surface area contributed by atoms with Crippen LogP contribution in [0.5, 0.6) is 0 Å². The van der Waals surface area contributed by atoms with Crippen molar-refractivity contribution < 1.29 is 18.0 Å². The van der Waals surface area contributed by atoms with Gasteiger partial charge in [0.05, 0.1) is 6.54 Å². The Kier molecular flexibility index (Phi) is 6.98. The molecule has 0 spiro atoms. The fourth-order valence-electron chi connectivity index (χ4n) is 2.31. The van der Waals surface area contributed by atoms with Gasteiger partial charge in [-0.05, 0) is 19.4 Å². The van der Waals surface area contributed by atoms with E-state index in [2.05, 4.69) is 36.2 Å². The number of halogens is 3. The van der Waals surface area contributed by atoms with Crippen LogP contribution >= 0.6 is 0 Å². The SMILES string of the molecule is CCNC(=NCCNc1nccc(C(F)(F)F)n1)NC1CCC(=O)NC1. The molecular weight excluding hydrogens is 351 g/mol. The zero-order valence-corrected chi connectivity index (χ0v) is 14.4. The third kappa shape index (κ3) is 6.37. The second-order valence-corrected chi connectivity index (χ2v) is 5.63. The maximum atomic E-state index is 12.6. The third-order valence-electron chi connectivity index (χ3n) is 3.56. The highest BCUT2D eigenvalue weighted by molar-refractivity contribution is 5.81. The van der Waals surface area contributed by atoms with Crippen LogP contribution in [0.2, 0.25) is 0 Å². The molecular formula is C15H22F3N7O. The van der Waals surface area contributed by atoms with E-state index >= 15 is 0 Å². The van der Waals surface area contributed by atoms with Gasteiger partial charge in [0.1, 0.15) is 5.69 Å². The predicted molar refractivity (Wildman–Crippen MR) is 90.7 cm³/mol. The third-order valence-corrected chi connectivity index (χ3v) is 3.56. The zero-order valence-electron chi connectivity index (χ0n) is 14.4. The molecule has 1 aliphatic rings. The summed E-state index contributed by atoms with van der Waals surface area (Å²) in [5, 5.41) is 11.8. The predicted octanol–water partition coefficient (Wildman–Crippen LogP) is 0.741. The maximum absolute atomic E-state index is 12.6. The van der Waals surface area contributed by atoms with Crippen LogP contribution < -0.4 is 21.3 Å². The molecule has 8 nitrogen and oxygen atoms in total. The Morgan fingerprint density at radius 2 is 2.27 bits per heavy atom. The molecule has 0 saturated carbocycles. The minimum Gasteiger partial charge on any atom is -0.357 e. The van der Waals surface area contributed by atoms with E-state index in [0.717, 1.165) is 12.3 Å². The summed E-state index contributed by atoms with van der Waals surface area (Å²) in [7, 11) is 0. The first kappa shape index (κ1) is 19.7. The number of hydrogen-bond donors (Lipinski definition) is 4. The largest absolute Gasteiger partial charge is 0.433 e. The standard InChI is InChI=1S/C15H22F3N7O/c1-2-19-13(24-10-3-4-12(26)23-9-10)21-7-8-22-14-20-6-5-11(25-14)15(16,17)18/h5-6,10H,2-4,7-9H2,1H3,(H,23,26)(H2,19,21,24)(H,20,22,25). The van der Waals surface area contributed by atoms with E-state index in [9.17, 15) is 18.0 Å². The van der Waals surface area contributed by atoms with Gasteiger partial charge in [0.25, 0.3) is 0 Å². The number of hydrogen-bond acceptors (Lipinski definition) is 5. The maximum Gasteiger partial charge on any atom is 0.433 e. The van der Waals surface area contributed by atoms with Crippen LogP contribution in [-0.4, -0.2) is 54.1 Å². The number of piperidine rings is 1. The van der Waals surface area contributed by atoms with Crippen LogP contribution in [0.3, 0.4) is 0 Å².